The second kappa shape index (κ2) is 17.7. The number of hydrogen-bond acceptors (Lipinski definition) is 9. The number of hydrogen-bond donors (Lipinski definition) is 4. The summed E-state index contributed by atoms with van der Waals surface area (Å²) in [5.74, 6) is 0.902. The number of nitrogens with zero attached hydrogens (tertiary/aromatic N) is 5. The second-order valence-corrected chi connectivity index (χ2v) is 15.8. The van der Waals surface area contributed by atoms with E-state index in [1.807, 2.05) is 68.6 Å². The monoisotopic (exact) mass is 823 g/mol. The molecule has 15 nitrogen and oxygen atoms in total. The Balaban J connectivity index is 0.943. The molecule has 0 bridgehead atoms. The molecule has 4 amide bonds. The molecule has 0 aliphatic carbocycles. The third-order valence-electron chi connectivity index (χ3n) is 11.6. The van der Waals surface area contributed by atoms with Gasteiger partial charge in [-0.05, 0) is 72.1 Å². The van der Waals surface area contributed by atoms with Crippen molar-refractivity contribution in [2.24, 2.45) is 5.92 Å². The lowest BCUT2D eigenvalue weighted by Gasteiger charge is -2.30. The number of amides is 4. The molecule has 0 spiro atoms. The van der Waals surface area contributed by atoms with Crippen molar-refractivity contribution in [1.82, 2.24) is 45.4 Å². The zero-order valence-corrected chi connectivity index (χ0v) is 34.6. The van der Waals surface area contributed by atoms with Gasteiger partial charge in [-0.2, -0.15) is 0 Å². The largest absolute Gasteiger partial charge is 0.453 e. The summed E-state index contributed by atoms with van der Waals surface area (Å²) in [4.78, 5) is 76.6. The molecular weight excluding hydrogens is 775 g/mol. The maximum Gasteiger partial charge on any atom is 0.407 e. The predicted molar refractivity (Wildman–Crippen MR) is 229 cm³/mol. The molecule has 15 heteroatoms. The van der Waals surface area contributed by atoms with Gasteiger partial charge >= 0.3 is 12.2 Å². The lowest BCUT2D eigenvalue weighted by molar-refractivity contribution is -0.135. The fourth-order valence-corrected chi connectivity index (χ4v) is 8.36. The van der Waals surface area contributed by atoms with E-state index in [2.05, 4.69) is 62.0 Å². The molecule has 0 saturated carbocycles. The summed E-state index contributed by atoms with van der Waals surface area (Å²) >= 11 is 0. The average Bonchev–Trinajstić information content (AvgIpc) is 4.14. The molecule has 2 aliphatic heterocycles. The summed E-state index contributed by atoms with van der Waals surface area (Å²) in [6.45, 7) is 4.93. The van der Waals surface area contributed by atoms with Crippen molar-refractivity contribution < 1.29 is 28.7 Å². The van der Waals surface area contributed by atoms with E-state index < -0.39 is 24.3 Å². The van der Waals surface area contributed by atoms with E-state index in [0.717, 1.165) is 64.8 Å². The molecule has 0 unspecified atom stereocenters. The summed E-state index contributed by atoms with van der Waals surface area (Å²) in [5.41, 5.74) is 6.79. The first-order valence-electron chi connectivity index (χ1n) is 20.6. The van der Waals surface area contributed by atoms with Crippen LogP contribution in [0, 0.1) is 5.92 Å². The number of carbonyl (C=O) groups is 4. The maximum absolute atomic E-state index is 13.9. The number of likely N-dealkylation sites (tertiary alicyclic amines) is 2. The molecule has 2 saturated heterocycles. The normalized spacial score (nSPS) is 17.3. The fraction of sp³-hybridized carbons (Fsp3) is 0.326. The topological polar surface area (TPSA) is 188 Å². The van der Waals surface area contributed by atoms with Crippen LogP contribution in [0.2, 0.25) is 0 Å². The Hall–Kier alpha value is -7.03. The SMILES string of the molecule is COC(=O)N[C@H](C(=O)N1CCC[C@H]1c1ncc(-c2ccc(-c3ccc4nc(-c5c[nH]c([C@@H]6CCCN6C(=O)[C@H](NC(=O)OC)c6ccccc6)n5)ccc4c3)cc2)[nH]1)C(C)C. The molecule has 4 N–H and O–H groups in total. The van der Waals surface area contributed by atoms with E-state index in [4.69, 9.17) is 19.4 Å². The lowest BCUT2D eigenvalue weighted by atomic mass is 10.0. The van der Waals surface area contributed by atoms with E-state index in [1.54, 1.807) is 16.0 Å². The highest BCUT2D eigenvalue weighted by Crippen LogP contribution is 2.36. The van der Waals surface area contributed by atoms with Crippen LogP contribution in [0.4, 0.5) is 9.59 Å². The number of fused-ring (bicyclic) bond motifs is 1. The smallest absolute Gasteiger partial charge is 0.407 e. The molecule has 2 fully saturated rings. The lowest BCUT2D eigenvalue weighted by Crippen LogP contribution is -2.51. The summed E-state index contributed by atoms with van der Waals surface area (Å²) in [7, 11) is 2.57. The zero-order valence-electron chi connectivity index (χ0n) is 34.6. The minimum atomic E-state index is -0.894. The molecule has 0 radical (unpaired) electrons. The predicted octanol–water partition coefficient (Wildman–Crippen LogP) is 7.49. The Bertz CT molecular complexity index is 2540. The Morgan fingerprint density at radius 1 is 0.721 bits per heavy atom. The highest BCUT2D eigenvalue weighted by Gasteiger charge is 2.39. The Morgan fingerprint density at radius 2 is 1.38 bits per heavy atom. The van der Waals surface area contributed by atoms with Gasteiger partial charge in [0.25, 0.3) is 5.91 Å². The quantitative estimate of drug-likeness (QED) is 0.103. The van der Waals surface area contributed by atoms with Gasteiger partial charge in [-0.3, -0.25) is 9.59 Å². The van der Waals surface area contributed by atoms with Crippen LogP contribution in [0.25, 0.3) is 44.7 Å². The van der Waals surface area contributed by atoms with Gasteiger partial charge in [0.1, 0.15) is 29.4 Å². The first kappa shape index (κ1) is 40.7. The van der Waals surface area contributed by atoms with Gasteiger partial charge in [0.05, 0.1) is 49.4 Å². The van der Waals surface area contributed by atoms with Gasteiger partial charge in [-0.25, -0.2) is 24.5 Å². The van der Waals surface area contributed by atoms with Crippen LogP contribution in [0.15, 0.2) is 97.3 Å². The Kier molecular flexibility index (Phi) is 11.8. The van der Waals surface area contributed by atoms with Gasteiger partial charge in [0, 0.05) is 24.7 Å². The Labute approximate surface area is 353 Å². The van der Waals surface area contributed by atoms with Crippen molar-refractivity contribution in [2.75, 3.05) is 27.3 Å². The van der Waals surface area contributed by atoms with Crippen LogP contribution in [-0.2, 0) is 19.1 Å². The molecule has 6 aromatic rings. The third kappa shape index (κ3) is 8.54. The highest BCUT2D eigenvalue weighted by atomic mass is 16.5. The van der Waals surface area contributed by atoms with Gasteiger partial charge in [-0.1, -0.05) is 80.6 Å². The second-order valence-electron chi connectivity index (χ2n) is 15.8. The van der Waals surface area contributed by atoms with Gasteiger partial charge in [-0.15, -0.1) is 0 Å². The number of ether oxygens (including phenoxy) is 2. The van der Waals surface area contributed by atoms with E-state index in [-0.39, 0.29) is 29.8 Å². The fourth-order valence-electron chi connectivity index (χ4n) is 8.36. The Morgan fingerprint density at radius 3 is 2.08 bits per heavy atom. The van der Waals surface area contributed by atoms with Gasteiger partial charge in [0.2, 0.25) is 5.91 Å². The van der Waals surface area contributed by atoms with E-state index >= 15 is 0 Å². The number of alkyl carbamates (subject to hydrolysis) is 2. The van der Waals surface area contributed by atoms with Crippen molar-refractivity contribution >= 4 is 34.9 Å². The van der Waals surface area contributed by atoms with E-state index in [1.165, 1.54) is 14.2 Å². The number of aromatic amines is 2. The molecule has 8 rings (SSSR count). The summed E-state index contributed by atoms with van der Waals surface area (Å²) in [5, 5.41) is 6.39. The van der Waals surface area contributed by atoms with Crippen LogP contribution in [0.5, 0.6) is 0 Å². The summed E-state index contributed by atoms with van der Waals surface area (Å²) < 4.78 is 9.59. The number of methoxy groups -OCH3 is 2. The molecule has 61 heavy (non-hydrogen) atoms. The minimum absolute atomic E-state index is 0.111. The van der Waals surface area contributed by atoms with E-state index in [0.29, 0.717) is 35.9 Å². The summed E-state index contributed by atoms with van der Waals surface area (Å²) in [6.07, 6.45) is 5.47. The zero-order chi connectivity index (χ0) is 42.6. The molecule has 5 heterocycles. The number of aromatic nitrogens is 5. The number of benzene rings is 3. The van der Waals surface area contributed by atoms with Crippen molar-refractivity contribution in [1.29, 1.82) is 0 Å². The van der Waals surface area contributed by atoms with Crippen LogP contribution in [-0.4, -0.2) is 92.1 Å². The molecule has 314 valence electrons. The van der Waals surface area contributed by atoms with Crippen molar-refractivity contribution in [3.8, 4) is 33.8 Å². The number of rotatable bonds is 11. The van der Waals surface area contributed by atoms with Crippen LogP contribution >= 0.6 is 0 Å². The highest BCUT2D eigenvalue weighted by molar-refractivity contribution is 5.89. The number of imidazole rings is 2. The molecular formula is C46H49N9O6. The number of pyridine rings is 1. The average molecular weight is 824 g/mol. The minimum Gasteiger partial charge on any atom is -0.453 e. The van der Waals surface area contributed by atoms with Crippen molar-refractivity contribution in [3.05, 3.63) is 115 Å². The molecule has 3 aromatic heterocycles. The maximum atomic E-state index is 13.9. The first-order chi connectivity index (χ1) is 29.6. The van der Waals surface area contributed by atoms with Gasteiger partial charge < -0.3 is 39.9 Å². The van der Waals surface area contributed by atoms with Crippen molar-refractivity contribution in [3.63, 3.8) is 0 Å². The molecule has 4 atom stereocenters. The van der Waals surface area contributed by atoms with Crippen LogP contribution in [0.3, 0.4) is 0 Å². The summed E-state index contributed by atoms with van der Waals surface area (Å²) in [6, 6.07) is 25.5. The van der Waals surface area contributed by atoms with E-state index in [9.17, 15) is 19.2 Å². The standard InChI is InChI=1S/C46H49N9O6/c1-27(2)39(52-45(58)60-3)43(56)54-22-8-12-37(54)41-47-25-35(50-41)29-16-14-28(15-17-29)31-18-20-33-32(24-31)19-21-34(49-33)36-26-48-42(51-36)38-13-9-23-55(38)44(57)40(53-46(59)61-4)30-10-6-5-7-11-30/h5-7,10-11,14-21,24-27,37-40H,8-9,12-13,22-23H2,1-4H3,(H,47,50)(H,48,51)(H,52,58)(H,53,59)/t37-,38-,39-,40+/m0/s1. The number of H-pyrrole nitrogens is 2. The van der Waals surface area contributed by atoms with Crippen molar-refractivity contribution in [2.45, 2.75) is 63.7 Å². The van der Waals surface area contributed by atoms with Crippen LogP contribution in [0.1, 0.15) is 74.9 Å². The first-order valence-corrected chi connectivity index (χ1v) is 20.6. The number of carbonyl (C=O) groups excluding carboxylic acids is 4. The van der Waals surface area contributed by atoms with Gasteiger partial charge in [0.15, 0.2) is 0 Å². The molecule has 3 aromatic carbocycles. The number of nitrogens with one attached hydrogen (secondary N) is 4. The van der Waals surface area contributed by atoms with Crippen LogP contribution < -0.4 is 10.6 Å². The third-order valence-corrected chi connectivity index (χ3v) is 11.6. The molecule has 2 aliphatic rings.